The Bertz CT molecular complexity index is 1710. The van der Waals surface area contributed by atoms with Crippen molar-refractivity contribution in [2.45, 2.75) is 25.7 Å². The normalized spacial score (nSPS) is 14.4. The number of carbonyl (C=O) groups is 1. The van der Waals surface area contributed by atoms with Gasteiger partial charge in [0.2, 0.25) is 0 Å². The third kappa shape index (κ3) is 4.65. The SMILES string of the molecule is Cc1cc2c3c(ccc2c2ccccc12)CC(=O)CC3c1cccc([N+](=O)[O-])c1.N#Cc1cncnc1. The minimum atomic E-state index is -0.379. The summed E-state index contributed by atoms with van der Waals surface area (Å²) in [5.41, 5.74) is 4.73. The number of Topliss-reactive ketones (excluding diaryl/α,β-unsaturated/α-hetero) is 1. The molecular formula is C30H22N4O3. The maximum atomic E-state index is 12.5. The molecule has 1 atom stereocenters. The van der Waals surface area contributed by atoms with Gasteiger partial charge in [-0.25, -0.2) is 9.97 Å². The van der Waals surface area contributed by atoms with Crippen LogP contribution >= 0.6 is 0 Å². The van der Waals surface area contributed by atoms with Crippen LogP contribution in [-0.2, 0) is 11.2 Å². The van der Waals surface area contributed by atoms with Crippen molar-refractivity contribution >= 4 is 33.0 Å². The summed E-state index contributed by atoms with van der Waals surface area (Å²) < 4.78 is 0. The quantitative estimate of drug-likeness (QED) is 0.167. The highest BCUT2D eigenvalue weighted by Crippen LogP contribution is 2.42. The number of nitriles is 1. The number of ketones is 1. The molecule has 0 spiro atoms. The highest BCUT2D eigenvalue weighted by Gasteiger charge is 2.29. The molecule has 5 aromatic rings. The minimum absolute atomic E-state index is 0.0592. The van der Waals surface area contributed by atoms with Crippen molar-refractivity contribution in [1.29, 1.82) is 5.26 Å². The van der Waals surface area contributed by atoms with Gasteiger partial charge in [-0.05, 0) is 50.7 Å². The zero-order chi connectivity index (χ0) is 25.9. The maximum absolute atomic E-state index is 12.5. The number of carbonyl (C=O) groups excluding carboxylic acids is 1. The molecular weight excluding hydrogens is 464 g/mol. The second-order valence-electron chi connectivity index (χ2n) is 9.04. The monoisotopic (exact) mass is 486 g/mol. The van der Waals surface area contributed by atoms with Crippen LogP contribution in [0.4, 0.5) is 5.69 Å². The summed E-state index contributed by atoms with van der Waals surface area (Å²) in [6, 6.07) is 23.3. The predicted octanol–water partition coefficient (Wildman–Crippen LogP) is 6.21. The van der Waals surface area contributed by atoms with E-state index in [0.717, 1.165) is 27.5 Å². The van der Waals surface area contributed by atoms with Gasteiger partial charge in [0, 0.05) is 43.3 Å². The Kier molecular flexibility index (Phi) is 6.40. The number of hydrogen-bond donors (Lipinski definition) is 0. The first-order chi connectivity index (χ1) is 18.0. The zero-order valence-corrected chi connectivity index (χ0v) is 20.1. The third-order valence-electron chi connectivity index (χ3n) is 6.72. The lowest BCUT2D eigenvalue weighted by Crippen LogP contribution is -2.19. The van der Waals surface area contributed by atoms with Gasteiger partial charge in [0.15, 0.2) is 0 Å². The van der Waals surface area contributed by atoms with E-state index in [-0.39, 0.29) is 22.3 Å². The standard InChI is InChI=1S/C25H19NO3.C5H3N3/c1-15-11-24-22(21-8-3-2-7-20(15)21)10-9-17-13-19(27)14-23(25(17)24)16-5-4-6-18(12-16)26(28)29;6-1-5-2-7-4-8-3-5/h2-12,23H,13-14H2,1H3;2-4H. The topological polar surface area (TPSA) is 110 Å². The second kappa shape index (κ2) is 9.96. The Labute approximate surface area is 213 Å². The van der Waals surface area contributed by atoms with Crippen LogP contribution in [-0.4, -0.2) is 20.7 Å². The molecule has 1 aliphatic rings. The molecule has 7 nitrogen and oxygen atoms in total. The van der Waals surface area contributed by atoms with Gasteiger partial charge in [-0.15, -0.1) is 0 Å². The molecule has 0 N–H and O–H groups in total. The van der Waals surface area contributed by atoms with Crippen molar-refractivity contribution < 1.29 is 9.72 Å². The molecule has 1 unspecified atom stereocenters. The highest BCUT2D eigenvalue weighted by atomic mass is 16.6. The Balaban J connectivity index is 0.000000301. The molecule has 37 heavy (non-hydrogen) atoms. The number of aryl methyl sites for hydroxylation is 1. The number of non-ortho nitro benzene ring substituents is 1. The highest BCUT2D eigenvalue weighted by molar-refractivity contribution is 6.11. The lowest BCUT2D eigenvalue weighted by molar-refractivity contribution is -0.384. The number of rotatable bonds is 2. The van der Waals surface area contributed by atoms with Gasteiger partial charge in [-0.1, -0.05) is 54.6 Å². The number of hydrogen-bond acceptors (Lipinski definition) is 6. The molecule has 0 aliphatic heterocycles. The average molecular weight is 487 g/mol. The van der Waals surface area contributed by atoms with Crippen LogP contribution in [0.1, 0.15) is 40.2 Å². The molecule has 6 rings (SSSR count). The van der Waals surface area contributed by atoms with E-state index in [9.17, 15) is 14.9 Å². The summed E-state index contributed by atoms with van der Waals surface area (Å²) in [6.45, 7) is 2.11. The van der Waals surface area contributed by atoms with Crippen LogP contribution in [0.2, 0.25) is 0 Å². The number of nitro groups is 1. The van der Waals surface area contributed by atoms with Crippen LogP contribution in [0.25, 0.3) is 21.5 Å². The number of aromatic nitrogens is 2. The molecule has 7 heteroatoms. The summed E-state index contributed by atoms with van der Waals surface area (Å²) in [7, 11) is 0. The molecule has 4 aromatic carbocycles. The predicted molar refractivity (Wildman–Crippen MR) is 141 cm³/mol. The zero-order valence-electron chi connectivity index (χ0n) is 20.1. The van der Waals surface area contributed by atoms with Crippen molar-refractivity contribution in [1.82, 2.24) is 9.97 Å². The van der Waals surface area contributed by atoms with E-state index in [1.165, 1.54) is 41.1 Å². The van der Waals surface area contributed by atoms with Gasteiger partial charge in [-0.3, -0.25) is 14.9 Å². The van der Waals surface area contributed by atoms with E-state index in [0.29, 0.717) is 18.4 Å². The Morgan fingerprint density at radius 2 is 1.68 bits per heavy atom. The molecule has 1 aliphatic carbocycles. The van der Waals surface area contributed by atoms with Gasteiger partial charge in [0.1, 0.15) is 18.2 Å². The van der Waals surface area contributed by atoms with E-state index in [1.54, 1.807) is 12.1 Å². The van der Waals surface area contributed by atoms with Crippen molar-refractivity contribution in [2.75, 3.05) is 0 Å². The fourth-order valence-electron chi connectivity index (χ4n) is 5.10. The van der Waals surface area contributed by atoms with E-state index >= 15 is 0 Å². The van der Waals surface area contributed by atoms with Gasteiger partial charge < -0.3 is 0 Å². The summed E-state index contributed by atoms with van der Waals surface area (Å²) in [5, 5.41) is 24.2. The summed E-state index contributed by atoms with van der Waals surface area (Å²) in [6.07, 6.45) is 5.11. The summed E-state index contributed by atoms with van der Waals surface area (Å²) in [5.74, 6) is 0.00118. The molecule has 0 saturated carbocycles. The van der Waals surface area contributed by atoms with Gasteiger partial charge in [-0.2, -0.15) is 5.26 Å². The Hall–Kier alpha value is -4.96. The third-order valence-corrected chi connectivity index (χ3v) is 6.72. The Morgan fingerprint density at radius 1 is 0.946 bits per heavy atom. The maximum Gasteiger partial charge on any atom is 0.269 e. The van der Waals surface area contributed by atoms with Gasteiger partial charge >= 0.3 is 0 Å². The molecule has 1 aromatic heterocycles. The van der Waals surface area contributed by atoms with Crippen molar-refractivity contribution in [3.05, 3.63) is 123 Å². The second-order valence-corrected chi connectivity index (χ2v) is 9.04. The molecule has 0 radical (unpaired) electrons. The van der Waals surface area contributed by atoms with E-state index < -0.39 is 0 Å². The first-order valence-electron chi connectivity index (χ1n) is 11.8. The molecule has 0 bridgehead atoms. The lowest BCUT2D eigenvalue weighted by atomic mass is 9.75. The van der Waals surface area contributed by atoms with Gasteiger partial charge in [0.25, 0.3) is 5.69 Å². The van der Waals surface area contributed by atoms with Crippen LogP contribution in [0.15, 0.2) is 85.5 Å². The van der Waals surface area contributed by atoms with E-state index in [2.05, 4.69) is 47.2 Å². The van der Waals surface area contributed by atoms with E-state index in [1.807, 2.05) is 24.3 Å². The number of benzene rings is 4. The number of nitrogens with zero attached hydrogens (tertiary/aromatic N) is 4. The van der Waals surface area contributed by atoms with E-state index in [4.69, 9.17) is 5.26 Å². The number of fused-ring (bicyclic) bond motifs is 5. The van der Waals surface area contributed by atoms with Crippen LogP contribution in [0, 0.1) is 28.4 Å². The molecule has 0 saturated heterocycles. The molecule has 1 heterocycles. The van der Waals surface area contributed by atoms with Crippen molar-refractivity contribution in [2.24, 2.45) is 0 Å². The summed E-state index contributed by atoms with van der Waals surface area (Å²) >= 11 is 0. The smallest absolute Gasteiger partial charge is 0.269 e. The molecule has 180 valence electrons. The minimum Gasteiger partial charge on any atom is -0.299 e. The largest absolute Gasteiger partial charge is 0.299 e. The van der Waals surface area contributed by atoms with Crippen LogP contribution in [0.3, 0.4) is 0 Å². The van der Waals surface area contributed by atoms with Gasteiger partial charge in [0.05, 0.1) is 10.5 Å². The first-order valence-corrected chi connectivity index (χ1v) is 11.8. The average Bonchev–Trinajstić information content (AvgIpc) is 2.93. The van der Waals surface area contributed by atoms with Crippen molar-refractivity contribution in [3.8, 4) is 6.07 Å². The van der Waals surface area contributed by atoms with Crippen molar-refractivity contribution in [3.63, 3.8) is 0 Å². The lowest BCUT2D eigenvalue weighted by Gasteiger charge is -2.27. The van der Waals surface area contributed by atoms with Crippen LogP contribution < -0.4 is 0 Å². The number of nitro benzene ring substituents is 1. The molecule has 0 fully saturated rings. The summed E-state index contributed by atoms with van der Waals surface area (Å²) in [4.78, 5) is 30.7. The fraction of sp³-hybridized carbons (Fsp3) is 0.133. The first kappa shape index (κ1) is 23.8. The molecule has 0 amide bonds. The Morgan fingerprint density at radius 3 is 2.38 bits per heavy atom. The fourth-order valence-corrected chi connectivity index (χ4v) is 5.10. The van der Waals surface area contributed by atoms with Crippen LogP contribution in [0.5, 0.6) is 0 Å².